The molecule has 1 atom stereocenters. The Bertz CT molecular complexity index is 377. The van der Waals surface area contributed by atoms with Crippen molar-refractivity contribution in [2.24, 2.45) is 5.10 Å². The maximum atomic E-state index is 8.96. The van der Waals surface area contributed by atoms with Crippen LogP contribution >= 0.6 is 0 Å². The average Bonchev–Trinajstić information content (AvgIpc) is 2.77. The minimum atomic E-state index is 0.0125. The van der Waals surface area contributed by atoms with Crippen molar-refractivity contribution in [3.05, 3.63) is 29.8 Å². The summed E-state index contributed by atoms with van der Waals surface area (Å²) >= 11 is 0. The summed E-state index contributed by atoms with van der Waals surface area (Å²) < 4.78 is 5.27. The molecule has 0 radical (unpaired) electrons. The summed E-state index contributed by atoms with van der Waals surface area (Å²) in [7, 11) is 1.65. The fraction of sp³-hybridized carbons (Fsp3) is 0.364. The number of methoxy groups -OCH3 is 1. The molecule has 1 heterocycles. The Morgan fingerprint density at radius 2 is 2.33 bits per heavy atom. The molecule has 0 amide bonds. The summed E-state index contributed by atoms with van der Waals surface area (Å²) in [5.74, 6) is 0.851. The van der Waals surface area contributed by atoms with Gasteiger partial charge in [-0.1, -0.05) is 18.2 Å². The van der Waals surface area contributed by atoms with Crippen LogP contribution in [0.5, 0.6) is 5.75 Å². The zero-order valence-corrected chi connectivity index (χ0v) is 8.60. The molecule has 0 aliphatic carbocycles. The van der Waals surface area contributed by atoms with Gasteiger partial charge < -0.3 is 15.3 Å². The quantitative estimate of drug-likeness (QED) is 0.778. The van der Waals surface area contributed by atoms with Gasteiger partial charge in [-0.15, -0.1) is 0 Å². The molecule has 0 saturated carbocycles. The van der Waals surface area contributed by atoms with E-state index in [2.05, 4.69) is 10.5 Å². The third kappa shape index (κ3) is 1.94. The van der Waals surface area contributed by atoms with Gasteiger partial charge in [-0.05, 0) is 6.07 Å². The highest BCUT2D eigenvalue weighted by Gasteiger charge is 2.21. The number of ether oxygens (including phenoxy) is 1. The number of hydrogen-bond acceptors (Lipinski definition) is 4. The minimum absolute atomic E-state index is 0.0125. The highest BCUT2D eigenvalue weighted by atomic mass is 16.5. The van der Waals surface area contributed by atoms with Crippen LogP contribution in [0.3, 0.4) is 0 Å². The van der Waals surface area contributed by atoms with Gasteiger partial charge in [0.25, 0.3) is 0 Å². The first kappa shape index (κ1) is 9.98. The Kier molecular flexibility index (Phi) is 2.87. The van der Waals surface area contributed by atoms with Gasteiger partial charge in [0.05, 0.1) is 25.5 Å². The minimum Gasteiger partial charge on any atom is -0.496 e. The molecule has 0 spiro atoms. The average molecular weight is 206 g/mol. The van der Waals surface area contributed by atoms with Gasteiger partial charge in [0.1, 0.15) is 5.75 Å². The maximum Gasteiger partial charge on any atom is 0.124 e. The van der Waals surface area contributed by atoms with Crippen LogP contribution in [-0.2, 0) is 0 Å². The molecule has 0 bridgehead atoms. The molecule has 0 aromatic heterocycles. The van der Waals surface area contributed by atoms with Crippen LogP contribution < -0.4 is 10.2 Å². The van der Waals surface area contributed by atoms with Crippen LogP contribution in [0.2, 0.25) is 0 Å². The first-order valence-corrected chi connectivity index (χ1v) is 4.90. The fourth-order valence-electron chi connectivity index (χ4n) is 1.73. The number of rotatable bonds is 3. The standard InChI is InChI=1S/C11H14N2O2/c1-15-11-5-3-2-4-9(11)10-6-8(7-14)12-13-10/h2-5,10,13-14H,6-7H2,1H3. The van der Waals surface area contributed by atoms with Gasteiger partial charge in [-0.3, -0.25) is 0 Å². The normalized spacial score (nSPS) is 19.6. The molecule has 1 aromatic rings. The number of hydrazone groups is 1. The molecular weight excluding hydrogens is 192 g/mol. The van der Waals surface area contributed by atoms with Gasteiger partial charge in [0, 0.05) is 12.0 Å². The molecule has 80 valence electrons. The van der Waals surface area contributed by atoms with Crippen molar-refractivity contribution in [3.8, 4) is 5.75 Å². The number of nitrogens with one attached hydrogen (secondary N) is 1. The van der Waals surface area contributed by atoms with E-state index in [1.54, 1.807) is 7.11 Å². The molecule has 2 rings (SSSR count). The molecule has 4 nitrogen and oxygen atoms in total. The molecular formula is C11H14N2O2. The van der Waals surface area contributed by atoms with Crippen LogP contribution in [0.4, 0.5) is 0 Å². The van der Waals surface area contributed by atoms with Crippen LogP contribution in [-0.4, -0.2) is 24.5 Å². The topological polar surface area (TPSA) is 53.9 Å². The lowest BCUT2D eigenvalue weighted by Crippen LogP contribution is -2.11. The van der Waals surface area contributed by atoms with Crippen molar-refractivity contribution >= 4 is 5.71 Å². The molecule has 1 aliphatic rings. The lowest BCUT2D eigenvalue weighted by atomic mass is 10.0. The first-order valence-electron chi connectivity index (χ1n) is 4.90. The van der Waals surface area contributed by atoms with E-state index in [0.717, 1.165) is 23.4 Å². The van der Waals surface area contributed by atoms with Crippen molar-refractivity contribution in [3.63, 3.8) is 0 Å². The van der Waals surface area contributed by atoms with Crippen LogP contribution in [0.25, 0.3) is 0 Å². The first-order chi connectivity index (χ1) is 7.35. The Morgan fingerprint density at radius 3 is 3.00 bits per heavy atom. The molecule has 1 unspecified atom stereocenters. The van der Waals surface area contributed by atoms with E-state index < -0.39 is 0 Å². The second kappa shape index (κ2) is 4.31. The van der Waals surface area contributed by atoms with Crippen molar-refractivity contribution in [1.82, 2.24) is 5.43 Å². The van der Waals surface area contributed by atoms with E-state index >= 15 is 0 Å². The number of para-hydroxylation sites is 1. The van der Waals surface area contributed by atoms with Crippen molar-refractivity contribution in [2.45, 2.75) is 12.5 Å². The SMILES string of the molecule is COc1ccccc1C1CC(CO)=NN1. The Morgan fingerprint density at radius 1 is 1.53 bits per heavy atom. The summed E-state index contributed by atoms with van der Waals surface area (Å²) in [6.45, 7) is 0.0125. The largest absolute Gasteiger partial charge is 0.496 e. The highest BCUT2D eigenvalue weighted by Crippen LogP contribution is 2.29. The lowest BCUT2D eigenvalue weighted by Gasteiger charge is -2.13. The van der Waals surface area contributed by atoms with Crippen molar-refractivity contribution in [1.29, 1.82) is 0 Å². The Balaban J connectivity index is 2.18. The smallest absolute Gasteiger partial charge is 0.124 e. The van der Waals surface area contributed by atoms with Gasteiger partial charge in [-0.25, -0.2) is 0 Å². The summed E-state index contributed by atoms with van der Waals surface area (Å²) in [5.41, 5.74) is 4.86. The van der Waals surface area contributed by atoms with Gasteiger partial charge in [0.15, 0.2) is 0 Å². The summed E-state index contributed by atoms with van der Waals surface area (Å²) in [4.78, 5) is 0. The predicted octanol–water partition coefficient (Wildman–Crippen LogP) is 1.08. The van der Waals surface area contributed by atoms with E-state index in [0.29, 0.717) is 0 Å². The predicted molar refractivity (Wildman–Crippen MR) is 58.0 cm³/mol. The lowest BCUT2D eigenvalue weighted by molar-refractivity contribution is 0.355. The van der Waals surface area contributed by atoms with Crippen LogP contribution in [0.15, 0.2) is 29.4 Å². The molecule has 2 N–H and O–H groups in total. The Hall–Kier alpha value is -1.55. The summed E-state index contributed by atoms with van der Waals surface area (Å²) in [6.07, 6.45) is 0.733. The van der Waals surface area contributed by atoms with Crippen LogP contribution in [0, 0.1) is 0 Å². The third-order valence-corrected chi connectivity index (χ3v) is 2.52. The van der Waals surface area contributed by atoms with Gasteiger partial charge in [0.2, 0.25) is 0 Å². The number of nitrogens with zero attached hydrogens (tertiary/aromatic N) is 1. The molecule has 15 heavy (non-hydrogen) atoms. The van der Waals surface area contributed by atoms with Crippen molar-refractivity contribution < 1.29 is 9.84 Å². The molecule has 0 saturated heterocycles. The number of aliphatic hydroxyl groups excluding tert-OH is 1. The molecule has 0 fully saturated rings. The van der Waals surface area contributed by atoms with Crippen molar-refractivity contribution in [2.75, 3.05) is 13.7 Å². The van der Waals surface area contributed by atoms with E-state index in [1.165, 1.54) is 0 Å². The zero-order chi connectivity index (χ0) is 10.7. The number of aliphatic hydroxyl groups is 1. The number of hydrogen-bond donors (Lipinski definition) is 2. The molecule has 1 aliphatic heterocycles. The fourth-order valence-corrected chi connectivity index (χ4v) is 1.73. The third-order valence-electron chi connectivity index (χ3n) is 2.52. The monoisotopic (exact) mass is 206 g/mol. The second-order valence-corrected chi connectivity index (χ2v) is 3.46. The van der Waals surface area contributed by atoms with Gasteiger partial charge in [-0.2, -0.15) is 5.10 Å². The zero-order valence-electron chi connectivity index (χ0n) is 8.60. The summed E-state index contributed by atoms with van der Waals surface area (Å²) in [5, 5.41) is 13.0. The van der Waals surface area contributed by atoms with Gasteiger partial charge >= 0.3 is 0 Å². The van der Waals surface area contributed by atoms with E-state index in [9.17, 15) is 0 Å². The second-order valence-electron chi connectivity index (χ2n) is 3.46. The maximum absolute atomic E-state index is 8.96. The van der Waals surface area contributed by atoms with E-state index in [4.69, 9.17) is 9.84 Å². The van der Waals surface area contributed by atoms with Crippen LogP contribution in [0.1, 0.15) is 18.0 Å². The number of benzene rings is 1. The van der Waals surface area contributed by atoms with E-state index in [1.807, 2.05) is 24.3 Å². The highest BCUT2D eigenvalue weighted by molar-refractivity contribution is 5.87. The summed E-state index contributed by atoms with van der Waals surface area (Å²) in [6, 6.07) is 7.95. The Labute approximate surface area is 88.6 Å². The van der Waals surface area contributed by atoms with E-state index in [-0.39, 0.29) is 12.6 Å². The molecule has 4 heteroatoms. The molecule has 1 aromatic carbocycles.